The van der Waals surface area contributed by atoms with Crippen LogP contribution in [0.1, 0.15) is 12.0 Å². The minimum Gasteiger partial charge on any atom is -0.508 e. The summed E-state index contributed by atoms with van der Waals surface area (Å²) in [5.41, 5.74) is 0.401. The van der Waals surface area contributed by atoms with Crippen molar-refractivity contribution < 1.29 is 34.8 Å². The number of hydrogen-bond acceptors (Lipinski definition) is 5. The minimum absolute atomic E-state index is 0.0378. The summed E-state index contributed by atoms with van der Waals surface area (Å²) in [5.74, 6) is -3.95. The van der Waals surface area contributed by atoms with Gasteiger partial charge in [0, 0.05) is 6.42 Å². The lowest BCUT2D eigenvalue weighted by Crippen LogP contribution is -2.42. The lowest BCUT2D eigenvalue weighted by molar-refractivity contribution is -0.178. The number of benzene rings is 1. The highest BCUT2D eigenvalue weighted by atomic mass is 31.2. The van der Waals surface area contributed by atoms with Crippen molar-refractivity contribution in [1.29, 1.82) is 0 Å². The summed E-state index contributed by atoms with van der Waals surface area (Å²) in [5, 5.41) is 39.6. The number of rotatable bonds is 5. The molecule has 9 heteroatoms. The molecule has 0 fully saturated rings. The quantitative estimate of drug-likeness (QED) is 0.343. The van der Waals surface area contributed by atoms with Crippen LogP contribution in [0.3, 0.4) is 0 Å². The van der Waals surface area contributed by atoms with E-state index in [-0.39, 0.29) is 30.1 Å². The van der Waals surface area contributed by atoms with Crippen LogP contribution in [0.25, 0.3) is 0 Å². The second-order valence-electron chi connectivity index (χ2n) is 5.49. The van der Waals surface area contributed by atoms with Crippen molar-refractivity contribution in [3.63, 3.8) is 0 Å². The van der Waals surface area contributed by atoms with Gasteiger partial charge >= 0.3 is 7.75 Å². The fraction of sp³-hybridized carbons (Fsp3) is 0.267. The first kappa shape index (κ1) is 18.4. The standard InChI is InChI=1S/C15H18NO7P/c17-11-3-1-2-10(8-11)6-7-15(19,20)13-9-12(18)4-5-14(13)16-24(21,22)23/h1-5,8-9,13,17-20H,6-7H2,(H2,21,22,23)/b16-14+. The molecule has 1 aliphatic carbocycles. The Kier molecular flexibility index (Phi) is 5.27. The van der Waals surface area contributed by atoms with E-state index in [1.807, 2.05) is 0 Å². The molecular weight excluding hydrogens is 337 g/mol. The van der Waals surface area contributed by atoms with Crippen molar-refractivity contribution in [2.24, 2.45) is 10.7 Å². The van der Waals surface area contributed by atoms with E-state index in [9.17, 15) is 25.0 Å². The fourth-order valence-electron chi connectivity index (χ4n) is 2.40. The molecule has 1 unspecified atom stereocenters. The molecule has 0 bridgehead atoms. The van der Waals surface area contributed by atoms with Gasteiger partial charge in [0.25, 0.3) is 0 Å². The molecule has 2 rings (SSSR count). The molecule has 24 heavy (non-hydrogen) atoms. The van der Waals surface area contributed by atoms with E-state index in [0.717, 1.165) is 18.2 Å². The average molecular weight is 355 g/mol. The molecule has 0 amide bonds. The Morgan fingerprint density at radius 2 is 1.88 bits per heavy atom. The molecule has 0 aromatic heterocycles. The first-order valence-electron chi connectivity index (χ1n) is 7.04. The van der Waals surface area contributed by atoms with Crippen molar-refractivity contribution in [3.8, 4) is 5.75 Å². The molecule has 1 aromatic rings. The predicted octanol–water partition coefficient (Wildman–Crippen LogP) is 1.17. The van der Waals surface area contributed by atoms with E-state index in [1.165, 1.54) is 12.1 Å². The van der Waals surface area contributed by atoms with Crippen molar-refractivity contribution in [2.45, 2.75) is 18.6 Å². The summed E-state index contributed by atoms with van der Waals surface area (Å²) in [7, 11) is -4.77. The van der Waals surface area contributed by atoms with E-state index in [2.05, 4.69) is 4.76 Å². The predicted molar refractivity (Wildman–Crippen MR) is 86.4 cm³/mol. The van der Waals surface area contributed by atoms with E-state index >= 15 is 0 Å². The SMILES string of the molecule is O=P(O)(O)/N=C1\C=CC(O)=CC1C(O)(O)CCc1cccc(O)c1. The highest BCUT2D eigenvalue weighted by Gasteiger charge is 2.38. The maximum absolute atomic E-state index is 11.1. The topological polar surface area (TPSA) is 151 Å². The number of phenolic OH excluding ortho intramolecular Hbond substituents is 1. The largest absolute Gasteiger partial charge is 0.508 e. The first-order valence-corrected chi connectivity index (χ1v) is 8.60. The monoisotopic (exact) mass is 355 g/mol. The molecule has 1 aliphatic rings. The summed E-state index contributed by atoms with van der Waals surface area (Å²) in [6.45, 7) is 0. The molecule has 1 atom stereocenters. The third-order valence-corrected chi connectivity index (χ3v) is 4.01. The van der Waals surface area contributed by atoms with Crippen molar-refractivity contribution in [2.75, 3.05) is 0 Å². The maximum Gasteiger partial charge on any atom is 0.448 e. The molecule has 0 saturated carbocycles. The van der Waals surface area contributed by atoms with E-state index < -0.39 is 19.5 Å². The minimum atomic E-state index is -4.77. The smallest absolute Gasteiger partial charge is 0.448 e. The number of phenols is 1. The van der Waals surface area contributed by atoms with Gasteiger partial charge in [-0.3, -0.25) is 0 Å². The van der Waals surface area contributed by atoms with E-state index in [4.69, 9.17) is 9.79 Å². The van der Waals surface area contributed by atoms with Crippen LogP contribution >= 0.6 is 7.75 Å². The number of nitrogens with zero attached hydrogens (tertiary/aromatic N) is 1. The fourth-order valence-corrected chi connectivity index (χ4v) is 2.89. The number of aliphatic hydroxyl groups excluding tert-OH is 1. The summed E-state index contributed by atoms with van der Waals surface area (Å²) < 4.78 is 14.3. The van der Waals surface area contributed by atoms with E-state index in [1.54, 1.807) is 12.1 Å². The Morgan fingerprint density at radius 3 is 2.50 bits per heavy atom. The van der Waals surface area contributed by atoms with Crippen LogP contribution < -0.4 is 0 Å². The van der Waals surface area contributed by atoms with Gasteiger partial charge in [-0.25, -0.2) is 4.57 Å². The second kappa shape index (κ2) is 6.88. The van der Waals surface area contributed by atoms with Gasteiger partial charge in [0.05, 0.1) is 11.6 Å². The summed E-state index contributed by atoms with van der Waals surface area (Å²) in [6, 6.07) is 6.24. The third-order valence-electron chi connectivity index (χ3n) is 3.52. The van der Waals surface area contributed by atoms with Crippen molar-refractivity contribution in [3.05, 3.63) is 53.8 Å². The van der Waals surface area contributed by atoms with Crippen LogP contribution in [0.5, 0.6) is 5.75 Å². The van der Waals surface area contributed by atoms with Gasteiger partial charge in [-0.05, 0) is 42.3 Å². The normalized spacial score (nSPS) is 20.2. The Labute approximate surface area is 138 Å². The molecule has 1 aromatic carbocycles. The molecule has 0 aliphatic heterocycles. The van der Waals surface area contributed by atoms with Crippen molar-refractivity contribution >= 4 is 13.5 Å². The van der Waals surface area contributed by atoms with Gasteiger partial charge in [-0.2, -0.15) is 4.76 Å². The maximum atomic E-state index is 11.1. The Morgan fingerprint density at radius 1 is 1.17 bits per heavy atom. The van der Waals surface area contributed by atoms with Crippen LogP contribution in [0, 0.1) is 5.92 Å². The summed E-state index contributed by atoms with van der Waals surface area (Å²) >= 11 is 0. The van der Waals surface area contributed by atoms with Gasteiger partial charge in [-0.1, -0.05) is 12.1 Å². The number of hydrogen-bond donors (Lipinski definition) is 6. The van der Waals surface area contributed by atoms with Crippen LogP contribution in [0.15, 0.2) is 53.0 Å². The zero-order chi connectivity index (χ0) is 18.0. The molecule has 6 N–H and O–H groups in total. The third kappa shape index (κ3) is 5.02. The summed E-state index contributed by atoms with van der Waals surface area (Å²) in [6.07, 6.45) is 3.31. The summed E-state index contributed by atoms with van der Waals surface area (Å²) in [4.78, 5) is 17.9. The van der Waals surface area contributed by atoms with Crippen LogP contribution in [0.2, 0.25) is 0 Å². The number of aliphatic hydroxyl groups is 3. The van der Waals surface area contributed by atoms with Gasteiger partial charge in [-0.15, -0.1) is 0 Å². The van der Waals surface area contributed by atoms with Crippen LogP contribution in [0.4, 0.5) is 0 Å². The molecule has 0 saturated heterocycles. The lowest BCUT2D eigenvalue weighted by Gasteiger charge is -2.31. The lowest BCUT2D eigenvalue weighted by atomic mass is 9.86. The van der Waals surface area contributed by atoms with Gasteiger partial charge < -0.3 is 30.2 Å². The second-order valence-corrected chi connectivity index (χ2v) is 6.72. The first-order chi connectivity index (χ1) is 11.1. The van der Waals surface area contributed by atoms with Gasteiger partial charge in [0.1, 0.15) is 11.5 Å². The Bertz CT molecular complexity index is 748. The molecule has 0 spiro atoms. The average Bonchev–Trinajstić information content (AvgIpc) is 2.46. The highest BCUT2D eigenvalue weighted by Crippen LogP contribution is 2.39. The molecular formula is C15H18NO7P. The van der Waals surface area contributed by atoms with Gasteiger partial charge in [0.15, 0.2) is 5.79 Å². The van der Waals surface area contributed by atoms with Crippen LogP contribution in [-0.4, -0.2) is 41.7 Å². The van der Waals surface area contributed by atoms with Crippen molar-refractivity contribution in [1.82, 2.24) is 0 Å². The van der Waals surface area contributed by atoms with E-state index in [0.29, 0.717) is 5.56 Å². The molecule has 0 radical (unpaired) electrons. The Balaban J connectivity index is 2.23. The van der Waals surface area contributed by atoms with Crippen LogP contribution in [-0.2, 0) is 11.0 Å². The number of allylic oxidation sites excluding steroid dienone is 2. The number of aryl methyl sites for hydroxylation is 1. The highest BCUT2D eigenvalue weighted by molar-refractivity contribution is 7.50. The molecule has 0 heterocycles. The zero-order valence-corrected chi connectivity index (χ0v) is 13.4. The zero-order valence-electron chi connectivity index (χ0n) is 12.5. The molecule has 8 nitrogen and oxygen atoms in total. The molecule has 130 valence electrons. The van der Waals surface area contributed by atoms with Gasteiger partial charge in [0.2, 0.25) is 0 Å². The Hall–Kier alpha value is -1.96. The number of aromatic hydroxyl groups is 1.